The lowest BCUT2D eigenvalue weighted by atomic mass is 10.2. The molecular weight excluding hydrogens is 202 g/mol. The summed E-state index contributed by atoms with van der Waals surface area (Å²) < 4.78 is 0. The molecule has 0 radical (unpaired) electrons. The number of nitrogen functional groups attached to an aromatic ring is 1. The molecule has 2 rings (SSSR count). The quantitative estimate of drug-likeness (QED) is 0.685. The van der Waals surface area contributed by atoms with E-state index in [2.05, 4.69) is 10.3 Å². The summed E-state index contributed by atoms with van der Waals surface area (Å²) in [5.74, 6) is 0.234. The zero-order valence-electron chi connectivity index (χ0n) is 8.72. The largest absolute Gasteiger partial charge is 0.506 e. The highest BCUT2D eigenvalue weighted by Crippen LogP contribution is 2.21. The SMILES string of the molecule is Nc1ccc(CNc2ccccc2O)nc1. The van der Waals surface area contributed by atoms with Crippen LogP contribution in [-0.4, -0.2) is 10.1 Å². The van der Waals surface area contributed by atoms with Crippen LogP contribution in [0.4, 0.5) is 11.4 Å². The average molecular weight is 215 g/mol. The van der Waals surface area contributed by atoms with Gasteiger partial charge in [0.2, 0.25) is 0 Å². The zero-order chi connectivity index (χ0) is 11.4. The number of benzene rings is 1. The Labute approximate surface area is 93.8 Å². The van der Waals surface area contributed by atoms with Crippen molar-refractivity contribution in [2.45, 2.75) is 6.54 Å². The van der Waals surface area contributed by atoms with Gasteiger partial charge in [0.15, 0.2) is 0 Å². The molecule has 4 heteroatoms. The summed E-state index contributed by atoms with van der Waals surface area (Å²) in [6.45, 7) is 0.553. The number of pyridine rings is 1. The van der Waals surface area contributed by atoms with E-state index in [-0.39, 0.29) is 5.75 Å². The normalized spacial score (nSPS) is 10.0. The zero-order valence-corrected chi connectivity index (χ0v) is 8.72. The van der Waals surface area contributed by atoms with Crippen LogP contribution >= 0.6 is 0 Å². The highest BCUT2D eigenvalue weighted by atomic mass is 16.3. The van der Waals surface area contributed by atoms with E-state index >= 15 is 0 Å². The topological polar surface area (TPSA) is 71.2 Å². The minimum absolute atomic E-state index is 0.234. The third-order valence-corrected chi connectivity index (χ3v) is 2.21. The van der Waals surface area contributed by atoms with Gasteiger partial charge in [-0.1, -0.05) is 12.1 Å². The molecule has 16 heavy (non-hydrogen) atoms. The van der Waals surface area contributed by atoms with Gasteiger partial charge in [-0.2, -0.15) is 0 Å². The van der Waals surface area contributed by atoms with Crippen molar-refractivity contribution in [3.8, 4) is 5.75 Å². The number of phenolic OH excluding ortho intramolecular Hbond substituents is 1. The average Bonchev–Trinajstić information content (AvgIpc) is 2.30. The molecule has 0 aliphatic carbocycles. The number of para-hydroxylation sites is 2. The molecule has 1 aromatic carbocycles. The molecule has 4 N–H and O–H groups in total. The van der Waals surface area contributed by atoms with Crippen molar-refractivity contribution in [2.24, 2.45) is 0 Å². The van der Waals surface area contributed by atoms with E-state index in [4.69, 9.17) is 5.73 Å². The van der Waals surface area contributed by atoms with Crippen molar-refractivity contribution < 1.29 is 5.11 Å². The van der Waals surface area contributed by atoms with Crippen molar-refractivity contribution >= 4 is 11.4 Å². The minimum Gasteiger partial charge on any atom is -0.506 e. The molecule has 0 fully saturated rings. The van der Waals surface area contributed by atoms with Gasteiger partial charge in [0.05, 0.1) is 29.8 Å². The first-order chi connectivity index (χ1) is 7.75. The molecule has 0 saturated heterocycles. The lowest BCUT2D eigenvalue weighted by Crippen LogP contribution is -2.01. The number of hydrogen-bond donors (Lipinski definition) is 3. The number of hydrogen-bond acceptors (Lipinski definition) is 4. The predicted octanol–water partition coefficient (Wildman–Crippen LogP) is 1.98. The number of nitrogens with zero attached hydrogens (tertiary/aromatic N) is 1. The molecule has 82 valence electrons. The third kappa shape index (κ3) is 2.42. The lowest BCUT2D eigenvalue weighted by molar-refractivity contribution is 0.477. The van der Waals surface area contributed by atoms with Crippen LogP contribution in [0.2, 0.25) is 0 Å². The van der Waals surface area contributed by atoms with Crippen LogP contribution in [0.3, 0.4) is 0 Å². The van der Waals surface area contributed by atoms with Crippen molar-refractivity contribution in [3.05, 3.63) is 48.3 Å². The molecule has 0 aliphatic heterocycles. The maximum absolute atomic E-state index is 9.53. The summed E-state index contributed by atoms with van der Waals surface area (Å²) in [5.41, 5.74) is 7.75. The summed E-state index contributed by atoms with van der Waals surface area (Å²) >= 11 is 0. The fourth-order valence-corrected chi connectivity index (χ4v) is 1.35. The Bertz CT molecular complexity index is 468. The number of aromatic nitrogens is 1. The highest BCUT2D eigenvalue weighted by molar-refractivity contribution is 5.55. The number of rotatable bonds is 3. The molecule has 1 heterocycles. The number of nitrogens with one attached hydrogen (secondary N) is 1. The van der Waals surface area contributed by atoms with Gasteiger partial charge < -0.3 is 16.2 Å². The molecular formula is C12H13N3O. The van der Waals surface area contributed by atoms with E-state index in [0.29, 0.717) is 17.9 Å². The molecule has 2 aromatic rings. The van der Waals surface area contributed by atoms with Gasteiger partial charge in [-0.25, -0.2) is 0 Å². The third-order valence-electron chi connectivity index (χ3n) is 2.21. The second-order valence-corrected chi connectivity index (χ2v) is 3.45. The van der Waals surface area contributed by atoms with Gasteiger partial charge >= 0.3 is 0 Å². The van der Waals surface area contributed by atoms with E-state index in [0.717, 1.165) is 5.69 Å². The van der Waals surface area contributed by atoms with Crippen molar-refractivity contribution in [2.75, 3.05) is 11.1 Å². The Morgan fingerprint density at radius 3 is 2.69 bits per heavy atom. The van der Waals surface area contributed by atoms with Crippen molar-refractivity contribution in [1.82, 2.24) is 4.98 Å². The van der Waals surface area contributed by atoms with Gasteiger partial charge in [0.25, 0.3) is 0 Å². The van der Waals surface area contributed by atoms with Crippen molar-refractivity contribution in [3.63, 3.8) is 0 Å². The smallest absolute Gasteiger partial charge is 0.138 e. The summed E-state index contributed by atoms with van der Waals surface area (Å²) in [6.07, 6.45) is 1.61. The number of aromatic hydroxyl groups is 1. The second-order valence-electron chi connectivity index (χ2n) is 3.45. The predicted molar refractivity (Wildman–Crippen MR) is 64.1 cm³/mol. The summed E-state index contributed by atoms with van der Waals surface area (Å²) in [5, 5.41) is 12.6. The van der Waals surface area contributed by atoms with E-state index in [1.54, 1.807) is 24.4 Å². The van der Waals surface area contributed by atoms with Gasteiger partial charge in [-0.05, 0) is 24.3 Å². The Kier molecular flexibility index (Phi) is 2.91. The monoisotopic (exact) mass is 215 g/mol. The standard InChI is InChI=1S/C12H13N3O/c13-9-5-6-10(14-7-9)8-15-11-3-1-2-4-12(11)16/h1-7,15-16H,8,13H2. The van der Waals surface area contributed by atoms with Gasteiger partial charge in [0, 0.05) is 0 Å². The Hall–Kier alpha value is -2.23. The Morgan fingerprint density at radius 1 is 1.19 bits per heavy atom. The molecule has 0 bridgehead atoms. The number of phenols is 1. The van der Waals surface area contributed by atoms with Crippen LogP contribution < -0.4 is 11.1 Å². The second kappa shape index (κ2) is 4.53. The van der Waals surface area contributed by atoms with Crippen LogP contribution in [0, 0.1) is 0 Å². The highest BCUT2D eigenvalue weighted by Gasteiger charge is 1.99. The summed E-state index contributed by atoms with van der Waals surface area (Å²) in [6, 6.07) is 10.7. The van der Waals surface area contributed by atoms with E-state index in [1.165, 1.54) is 0 Å². The number of anilines is 2. The summed E-state index contributed by atoms with van der Waals surface area (Å²) in [4.78, 5) is 4.15. The van der Waals surface area contributed by atoms with Gasteiger partial charge in [-0.3, -0.25) is 4.98 Å². The molecule has 0 amide bonds. The molecule has 0 atom stereocenters. The Balaban J connectivity index is 2.02. The minimum atomic E-state index is 0.234. The fraction of sp³-hybridized carbons (Fsp3) is 0.0833. The van der Waals surface area contributed by atoms with Crippen LogP contribution in [0.15, 0.2) is 42.6 Å². The molecule has 0 aliphatic rings. The lowest BCUT2D eigenvalue weighted by Gasteiger charge is -2.07. The first-order valence-corrected chi connectivity index (χ1v) is 4.98. The summed E-state index contributed by atoms with van der Waals surface area (Å²) in [7, 11) is 0. The number of nitrogens with two attached hydrogens (primary N) is 1. The fourth-order valence-electron chi connectivity index (χ4n) is 1.35. The van der Waals surface area contributed by atoms with E-state index in [1.807, 2.05) is 18.2 Å². The molecule has 0 saturated carbocycles. The molecule has 1 aromatic heterocycles. The van der Waals surface area contributed by atoms with Gasteiger partial charge in [0.1, 0.15) is 5.75 Å². The first-order valence-electron chi connectivity index (χ1n) is 4.98. The molecule has 0 spiro atoms. The van der Waals surface area contributed by atoms with Crippen LogP contribution in [-0.2, 0) is 6.54 Å². The van der Waals surface area contributed by atoms with E-state index < -0.39 is 0 Å². The van der Waals surface area contributed by atoms with Crippen LogP contribution in [0.25, 0.3) is 0 Å². The molecule has 4 nitrogen and oxygen atoms in total. The van der Waals surface area contributed by atoms with E-state index in [9.17, 15) is 5.11 Å². The Morgan fingerprint density at radius 2 is 2.00 bits per heavy atom. The maximum Gasteiger partial charge on any atom is 0.138 e. The van der Waals surface area contributed by atoms with Crippen molar-refractivity contribution in [1.29, 1.82) is 0 Å². The first kappa shape index (κ1) is 10.3. The molecule has 0 unspecified atom stereocenters. The van der Waals surface area contributed by atoms with Crippen LogP contribution in [0.5, 0.6) is 5.75 Å². The maximum atomic E-state index is 9.53. The van der Waals surface area contributed by atoms with Gasteiger partial charge in [-0.15, -0.1) is 0 Å². The van der Waals surface area contributed by atoms with Crippen LogP contribution in [0.1, 0.15) is 5.69 Å².